The minimum atomic E-state index is 0.0330. The number of carbonyl (C=O) groups is 2. The number of fused-ring (bicyclic) bond motifs is 1. The molecule has 2 aliphatic rings. The fourth-order valence-corrected chi connectivity index (χ4v) is 5.43. The van der Waals surface area contributed by atoms with Gasteiger partial charge in [0, 0.05) is 49.3 Å². The highest BCUT2D eigenvalue weighted by Crippen LogP contribution is 2.35. The molecule has 0 radical (unpaired) electrons. The summed E-state index contributed by atoms with van der Waals surface area (Å²) in [6.45, 7) is 14.0. The highest BCUT2D eigenvalue weighted by atomic mass is 16.2. The summed E-state index contributed by atoms with van der Waals surface area (Å²) in [5.41, 5.74) is 11.4. The molecule has 2 amide bonds. The molecule has 2 aromatic carbocycles. The van der Waals surface area contributed by atoms with Crippen LogP contribution in [-0.4, -0.2) is 53.6 Å². The Labute approximate surface area is 227 Å². The largest absolute Gasteiger partial charge is 0.387 e. The lowest BCUT2D eigenvalue weighted by Gasteiger charge is -2.27. The molecule has 2 heterocycles. The molecule has 1 saturated heterocycles. The summed E-state index contributed by atoms with van der Waals surface area (Å²) < 4.78 is 0. The van der Waals surface area contributed by atoms with Crippen molar-refractivity contribution in [2.24, 2.45) is 22.1 Å². The fraction of sp³-hybridized carbons (Fsp3) is 0.469. The van der Waals surface area contributed by atoms with Crippen LogP contribution in [0.4, 0.5) is 5.69 Å². The van der Waals surface area contributed by atoms with Crippen molar-refractivity contribution in [3.63, 3.8) is 0 Å². The third kappa shape index (κ3) is 6.17. The van der Waals surface area contributed by atoms with E-state index >= 15 is 0 Å². The molecule has 6 nitrogen and oxygen atoms in total. The first-order chi connectivity index (χ1) is 18.1. The van der Waals surface area contributed by atoms with Crippen LogP contribution < -0.4 is 5.73 Å². The zero-order valence-corrected chi connectivity index (χ0v) is 23.6. The van der Waals surface area contributed by atoms with Crippen LogP contribution in [-0.2, 0) is 4.79 Å². The lowest BCUT2D eigenvalue weighted by molar-refractivity contribution is -0.127. The highest BCUT2D eigenvalue weighted by molar-refractivity contribution is 6.05. The van der Waals surface area contributed by atoms with Gasteiger partial charge in [0.05, 0.1) is 5.69 Å². The molecule has 1 atom stereocenters. The molecule has 1 unspecified atom stereocenters. The average Bonchev–Trinajstić information content (AvgIpc) is 3.33. The Morgan fingerprint density at radius 1 is 1.05 bits per heavy atom. The molecule has 4 rings (SSSR count). The van der Waals surface area contributed by atoms with Gasteiger partial charge in [-0.15, -0.1) is 0 Å². The van der Waals surface area contributed by atoms with Crippen molar-refractivity contribution < 1.29 is 9.59 Å². The van der Waals surface area contributed by atoms with E-state index in [-0.39, 0.29) is 17.2 Å². The number of nitrogens with zero attached hydrogens (tertiary/aromatic N) is 3. The summed E-state index contributed by atoms with van der Waals surface area (Å²) in [5.74, 6) is 1.07. The molecule has 0 bridgehead atoms. The molecule has 0 aliphatic carbocycles. The number of benzene rings is 2. The van der Waals surface area contributed by atoms with Crippen molar-refractivity contribution in [3.05, 3.63) is 59.2 Å². The van der Waals surface area contributed by atoms with Gasteiger partial charge < -0.3 is 15.5 Å². The number of rotatable bonds is 7. The molecular weight excluding hydrogens is 472 g/mol. The first-order valence-corrected chi connectivity index (χ1v) is 14.0. The number of amidine groups is 1. The van der Waals surface area contributed by atoms with Gasteiger partial charge in [0.15, 0.2) is 0 Å². The second-order valence-electron chi connectivity index (χ2n) is 11.7. The van der Waals surface area contributed by atoms with E-state index in [1.54, 1.807) is 0 Å². The Balaban J connectivity index is 1.59. The Kier molecular flexibility index (Phi) is 8.39. The van der Waals surface area contributed by atoms with E-state index in [0.717, 1.165) is 67.8 Å². The Morgan fingerprint density at radius 2 is 1.76 bits per heavy atom. The third-order valence-electron chi connectivity index (χ3n) is 7.69. The van der Waals surface area contributed by atoms with Crippen LogP contribution in [0.5, 0.6) is 0 Å². The molecule has 202 valence electrons. The maximum Gasteiger partial charge on any atom is 0.253 e. The van der Waals surface area contributed by atoms with Gasteiger partial charge in [-0.05, 0) is 66.0 Å². The lowest BCUT2D eigenvalue weighted by atomic mass is 9.80. The number of amides is 2. The minimum Gasteiger partial charge on any atom is -0.387 e. The number of aliphatic imine (C=N–C) groups is 1. The van der Waals surface area contributed by atoms with Gasteiger partial charge in [0.1, 0.15) is 5.84 Å². The topological polar surface area (TPSA) is 79.0 Å². The number of nitrogens with two attached hydrogens (primary N) is 1. The van der Waals surface area contributed by atoms with Gasteiger partial charge >= 0.3 is 0 Å². The van der Waals surface area contributed by atoms with Crippen LogP contribution in [0.15, 0.2) is 53.0 Å². The standard InChI is InChI=1S/C32H42N4O2/c1-6-14-35(15-7-2)31(38)26-18-24-12-11-23(19-28(24)34-29(33)20-26)22-9-8-10-25(17-22)30(37)36-16-13-27(21-36)32(3,4)5/h8-12,17-19,27H,6-7,13-16,20-21H2,1-5H3,(H2,33,34). The summed E-state index contributed by atoms with van der Waals surface area (Å²) in [6, 6.07) is 13.8. The van der Waals surface area contributed by atoms with Gasteiger partial charge in [0.25, 0.3) is 5.91 Å². The molecule has 6 heteroatoms. The predicted octanol–water partition coefficient (Wildman–Crippen LogP) is 6.29. The van der Waals surface area contributed by atoms with Gasteiger partial charge in [-0.25, -0.2) is 4.99 Å². The molecule has 2 aromatic rings. The van der Waals surface area contributed by atoms with Crippen molar-refractivity contribution in [1.82, 2.24) is 9.80 Å². The first kappa shape index (κ1) is 27.6. The Bertz CT molecular complexity index is 1250. The highest BCUT2D eigenvalue weighted by Gasteiger charge is 2.34. The first-order valence-electron chi connectivity index (χ1n) is 14.0. The minimum absolute atomic E-state index is 0.0330. The summed E-state index contributed by atoms with van der Waals surface area (Å²) in [6.07, 6.45) is 5.15. The molecule has 2 N–H and O–H groups in total. The van der Waals surface area contributed by atoms with Crippen molar-refractivity contribution in [2.45, 2.75) is 60.3 Å². The van der Waals surface area contributed by atoms with Crippen molar-refractivity contribution >= 4 is 29.4 Å². The van der Waals surface area contributed by atoms with Gasteiger partial charge in [0.2, 0.25) is 5.91 Å². The van der Waals surface area contributed by atoms with Gasteiger partial charge in [-0.3, -0.25) is 9.59 Å². The fourth-order valence-electron chi connectivity index (χ4n) is 5.43. The number of hydrogen-bond donors (Lipinski definition) is 1. The zero-order valence-electron chi connectivity index (χ0n) is 23.6. The van der Waals surface area contributed by atoms with Crippen LogP contribution in [0.1, 0.15) is 76.2 Å². The molecule has 0 aromatic heterocycles. The number of likely N-dealkylation sites (tertiary alicyclic amines) is 1. The average molecular weight is 515 g/mol. The maximum atomic E-state index is 13.3. The maximum absolute atomic E-state index is 13.3. The molecular formula is C32H42N4O2. The van der Waals surface area contributed by atoms with Crippen LogP contribution in [0, 0.1) is 11.3 Å². The normalized spacial score (nSPS) is 17.4. The van der Waals surface area contributed by atoms with E-state index in [1.807, 2.05) is 58.3 Å². The molecule has 0 spiro atoms. The summed E-state index contributed by atoms with van der Waals surface area (Å²) >= 11 is 0. The molecule has 38 heavy (non-hydrogen) atoms. The Morgan fingerprint density at radius 3 is 2.42 bits per heavy atom. The summed E-state index contributed by atoms with van der Waals surface area (Å²) in [5, 5.41) is 0. The van der Waals surface area contributed by atoms with E-state index in [9.17, 15) is 9.59 Å². The number of carbonyl (C=O) groups excluding carboxylic acids is 2. The molecule has 1 fully saturated rings. The van der Waals surface area contributed by atoms with Crippen LogP contribution >= 0.6 is 0 Å². The quantitative estimate of drug-likeness (QED) is 0.472. The second-order valence-corrected chi connectivity index (χ2v) is 11.7. The van der Waals surface area contributed by atoms with E-state index in [0.29, 0.717) is 29.3 Å². The third-order valence-corrected chi connectivity index (χ3v) is 7.69. The number of hydrogen-bond acceptors (Lipinski definition) is 4. The SMILES string of the molecule is CCCN(CCC)C(=O)C1=Cc2ccc(-c3cccc(C(=O)N4CCC(C(C)(C)C)C4)c3)cc2N=C(N)C1. The van der Waals surface area contributed by atoms with E-state index in [4.69, 9.17) is 5.73 Å². The Hall–Kier alpha value is -3.41. The zero-order chi connectivity index (χ0) is 27.4. The van der Waals surface area contributed by atoms with Crippen molar-refractivity contribution in [2.75, 3.05) is 26.2 Å². The van der Waals surface area contributed by atoms with Crippen LogP contribution in [0.2, 0.25) is 0 Å². The monoisotopic (exact) mass is 514 g/mol. The van der Waals surface area contributed by atoms with Crippen molar-refractivity contribution in [3.8, 4) is 11.1 Å². The molecule has 2 aliphatic heterocycles. The van der Waals surface area contributed by atoms with Crippen LogP contribution in [0.25, 0.3) is 17.2 Å². The van der Waals surface area contributed by atoms with E-state index < -0.39 is 0 Å². The van der Waals surface area contributed by atoms with Crippen LogP contribution in [0.3, 0.4) is 0 Å². The summed E-state index contributed by atoms with van der Waals surface area (Å²) in [7, 11) is 0. The predicted molar refractivity (Wildman–Crippen MR) is 156 cm³/mol. The van der Waals surface area contributed by atoms with Crippen molar-refractivity contribution in [1.29, 1.82) is 0 Å². The lowest BCUT2D eigenvalue weighted by Crippen LogP contribution is -2.34. The van der Waals surface area contributed by atoms with Gasteiger partial charge in [-0.1, -0.05) is 58.9 Å². The second kappa shape index (κ2) is 11.5. The van der Waals surface area contributed by atoms with E-state index in [2.05, 4.69) is 39.6 Å². The van der Waals surface area contributed by atoms with Gasteiger partial charge in [-0.2, -0.15) is 0 Å². The summed E-state index contributed by atoms with van der Waals surface area (Å²) in [4.78, 5) is 35.1. The molecule has 0 saturated carbocycles. The smallest absolute Gasteiger partial charge is 0.253 e. The van der Waals surface area contributed by atoms with E-state index in [1.165, 1.54) is 0 Å².